The molecule has 1 aliphatic heterocycles. The molecule has 0 amide bonds. The molecule has 47 heavy (non-hydrogen) atoms. The number of aliphatic hydroxyl groups excluding tert-OH is 1. The van der Waals surface area contributed by atoms with Gasteiger partial charge in [-0.25, -0.2) is 34.7 Å². The Morgan fingerprint density at radius 2 is 1.26 bits per heavy atom. The summed E-state index contributed by atoms with van der Waals surface area (Å²) in [6.07, 6.45) is 12.3. The van der Waals surface area contributed by atoms with Crippen molar-refractivity contribution in [2.24, 2.45) is 21.2 Å². The summed E-state index contributed by atoms with van der Waals surface area (Å²) in [5.74, 6) is -0.467. The molecule has 1 aliphatic rings. The van der Waals surface area contributed by atoms with Crippen molar-refractivity contribution in [3.05, 3.63) is 85.0 Å². The van der Waals surface area contributed by atoms with E-state index in [4.69, 9.17) is 0 Å². The Bertz CT molecular complexity index is 1490. The topological polar surface area (TPSA) is 170 Å². The average Bonchev–Trinajstić information content (AvgIpc) is 3.54. The second-order valence-corrected chi connectivity index (χ2v) is 13.3. The number of carbonyl (C=O) groups is 3. The standard InChI is InChI=1S/C12H15N3.C11H14N2O2.C6H6N2O2.C6H12O/c1-12(2,3)11-6-9(7-14-11)10-4-5-13-8-15-10;1-11(2,3)10(15)6-9(14)8-4-5-12-7-13-8;1-10-6(9)5-2-3-7-4-8-5;1-5(7)6(2,3)4/h4-6,8H,7H2,1-3H3;4-7,14H,1-3H3;2-4H,1H3;1-4H3. The van der Waals surface area contributed by atoms with Crippen LogP contribution in [0.1, 0.15) is 91.1 Å². The van der Waals surface area contributed by atoms with Crippen LogP contribution in [0.15, 0.2) is 72.9 Å². The van der Waals surface area contributed by atoms with Crippen LogP contribution in [0.5, 0.6) is 0 Å². The van der Waals surface area contributed by atoms with Crippen molar-refractivity contribution in [1.29, 1.82) is 0 Å². The van der Waals surface area contributed by atoms with Gasteiger partial charge < -0.3 is 9.84 Å². The highest BCUT2D eigenvalue weighted by Crippen LogP contribution is 2.25. The first-order chi connectivity index (χ1) is 21.8. The van der Waals surface area contributed by atoms with Gasteiger partial charge in [-0.2, -0.15) is 0 Å². The van der Waals surface area contributed by atoms with Crippen molar-refractivity contribution < 1.29 is 24.2 Å². The van der Waals surface area contributed by atoms with Crippen molar-refractivity contribution >= 4 is 34.6 Å². The number of esters is 1. The number of Topliss-reactive ketones (excluding diaryl/α,β-unsaturated/α-hetero) is 1. The number of methoxy groups -OCH3 is 1. The zero-order valence-electron chi connectivity index (χ0n) is 29.3. The van der Waals surface area contributed by atoms with Crippen molar-refractivity contribution in [3.63, 3.8) is 0 Å². The zero-order chi connectivity index (χ0) is 35.8. The molecule has 252 valence electrons. The lowest BCUT2D eigenvalue weighted by atomic mass is 9.89. The first-order valence-corrected chi connectivity index (χ1v) is 14.9. The third-order valence-corrected chi connectivity index (χ3v) is 6.29. The Kier molecular flexibility index (Phi) is 15.5. The minimum Gasteiger partial charge on any atom is -0.506 e. The van der Waals surface area contributed by atoms with Crippen LogP contribution < -0.4 is 0 Å². The Morgan fingerprint density at radius 1 is 0.766 bits per heavy atom. The summed E-state index contributed by atoms with van der Waals surface area (Å²) >= 11 is 0. The summed E-state index contributed by atoms with van der Waals surface area (Å²) in [4.78, 5) is 60.3. The highest BCUT2D eigenvalue weighted by molar-refractivity contribution is 6.07. The van der Waals surface area contributed by atoms with Crippen LogP contribution in [0, 0.1) is 16.2 Å². The lowest BCUT2D eigenvalue weighted by Gasteiger charge is -2.16. The largest absolute Gasteiger partial charge is 0.506 e. The van der Waals surface area contributed by atoms with Crippen LogP contribution in [-0.4, -0.2) is 71.9 Å². The summed E-state index contributed by atoms with van der Waals surface area (Å²) in [5, 5.41) is 9.60. The molecule has 0 bridgehead atoms. The van der Waals surface area contributed by atoms with E-state index in [0.29, 0.717) is 5.69 Å². The summed E-state index contributed by atoms with van der Waals surface area (Å²) in [6.45, 7) is 20.0. The minimum absolute atomic E-state index is 0.120. The van der Waals surface area contributed by atoms with Gasteiger partial charge in [-0.05, 0) is 31.2 Å². The van der Waals surface area contributed by atoms with Crippen LogP contribution in [0.25, 0.3) is 11.3 Å². The van der Waals surface area contributed by atoms with E-state index in [1.165, 1.54) is 49.9 Å². The molecule has 12 nitrogen and oxygen atoms in total. The predicted octanol–water partition coefficient (Wildman–Crippen LogP) is 6.24. The molecule has 0 aliphatic carbocycles. The van der Waals surface area contributed by atoms with E-state index in [-0.39, 0.29) is 33.8 Å². The number of carbonyl (C=O) groups excluding carboxylic acids is 3. The van der Waals surface area contributed by atoms with E-state index in [1.54, 1.807) is 46.3 Å². The number of hydrogen-bond acceptors (Lipinski definition) is 12. The summed E-state index contributed by atoms with van der Waals surface area (Å²) in [6, 6.07) is 4.96. The summed E-state index contributed by atoms with van der Waals surface area (Å²) in [7, 11) is 1.31. The third kappa shape index (κ3) is 15.2. The smallest absolute Gasteiger partial charge is 0.356 e. The van der Waals surface area contributed by atoms with Crippen molar-refractivity contribution in [2.75, 3.05) is 13.7 Å². The normalized spacial score (nSPS) is 12.8. The molecular weight excluding hydrogens is 598 g/mol. The predicted molar refractivity (Wildman–Crippen MR) is 182 cm³/mol. The fourth-order valence-electron chi connectivity index (χ4n) is 2.89. The van der Waals surface area contributed by atoms with Crippen molar-refractivity contribution in [2.45, 2.75) is 69.2 Å². The third-order valence-electron chi connectivity index (χ3n) is 6.29. The molecule has 0 saturated heterocycles. The Morgan fingerprint density at radius 3 is 1.62 bits per heavy atom. The van der Waals surface area contributed by atoms with Gasteiger partial charge >= 0.3 is 5.97 Å². The Labute approximate surface area is 277 Å². The summed E-state index contributed by atoms with van der Waals surface area (Å²) in [5.41, 5.74) is 3.42. The van der Waals surface area contributed by atoms with E-state index < -0.39 is 11.4 Å². The van der Waals surface area contributed by atoms with Gasteiger partial charge in [-0.1, -0.05) is 62.3 Å². The monoisotopic (exact) mass is 645 g/mol. The number of nitrogens with zero attached hydrogens (tertiary/aromatic N) is 7. The summed E-state index contributed by atoms with van der Waals surface area (Å²) < 4.78 is 4.41. The van der Waals surface area contributed by atoms with Gasteiger partial charge in [0.05, 0.1) is 19.3 Å². The first kappa shape index (κ1) is 40.0. The van der Waals surface area contributed by atoms with Gasteiger partial charge in [0.2, 0.25) is 0 Å². The molecule has 3 aromatic rings. The molecule has 1 N–H and O–H groups in total. The Balaban J connectivity index is 0.000000326. The maximum Gasteiger partial charge on any atom is 0.356 e. The van der Waals surface area contributed by atoms with Crippen LogP contribution >= 0.6 is 0 Å². The molecule has 0 spiro atoms. The SMILES string of the molecule is CC(=O)C(C)(C)C.CC(C)(C)C(=O)C=C(O)c1ccncn1.CC(C)(C)C1=NCC(c2ccncn2)=C1.COC(=O)c1ccncn1. The van der Waals surface area contributed by atoms with Crippen LogP contribution in [0.2, 0.25) is 0 Å². The van der Waals surface area contributed by atoms with Gasteiger partial charge in [-0.3, -0.25) is 14.6 Å². The molecule has 0 radical (unpaired) electrons. The molecule has 0 saturated carbocycles. The lowest BCUT2D eigenvalue weighted by molar-refractivity contribution is -0.124. The molecule has 3 aromatic heterocycles. The van der Waals surface area contributed by atoms with Crippen molar-refractivity contribution in [1.82, 2.24) is 29.9 Å². The highest BCUT2D eigenvalue weighted by atomic mass is 16.5. The zero-order valence-corrected chi connectivity index (χ0v) is 29.3. The van der Waals surface area contributed by atoms with Crippen LogP contribution in [0.3, 0.4) is 0 Å². The lowest BCUT2D eigenvalue weighted by Crippen LogP contribution is -2.17. The fourth-order valence-corrected chi connectivity index (χ4v) is 2.89. The molecular formula is C35H47N7O5. The molecule has 0 fully saturated rings. The van der Waals surface area contributed by atoms with Gasteiger partial charge in [0.1, 0.15) is 36.2 Å². The number of aromatic nitrogens is 6. The van der Waals surface area contributed by atoms with E-state index in [2.05, 4.69) is 66.5 Å². The number of ether oxygens (including phenoxy) is 1. The second kappa shape index (κ2) is 18.2. The van der Waals surface area contributed by atoms with E-state index in [9.17, 15) is 19.5 Å². The number of hydrogen-bond donors (Lipinski definition) is 1. The number of ketones is 2. The van der Waals surface area contributed by atoms with Gasteiger partial charge in [0.25, 0.3) is 0 Å². The van der Waals surface area contributed by atoms with Crippen molar-refractivity contribution in [3.8, 4) is 0 Å². The van der Waals surface area contributed by atoms with E-state index in [1.807, 2.05) is 26.8 Å². The minimum atomic E-state index is -0.499. The highest BCUT2D eigenvalue weighted by Gasteiger charge is 2.22. The van der Waals surface area contributed by atoms with E-state index >= 15 is 0 Å². The van der Waals surface area contributed by atoms with Crippen LogP contribution in [0.4, 0.5) is 0 Å². The van der Waals surface area contributed by atoms with E-state index in [0.717, 1.165) is 18.0 Å². The number of rotatable bonds is 4. The molecule has 4 rings (SSSR count). The maximum atomic E-state index is 11.6. The number of allylic oxidation sites excluding steroid dienone is 2. The molecule has 0 aromatic carbocycles. The van der Waals surface area contributed by atoms with Gasteiger partial charge in [0, 0.05) is 52.2 Å². The van der Waals surface area contributed by atoms with Gasteiger partial charge in [-0.15, -0.1) is 0 Å². The molecule has 4 heterocycles. The second-order valence-electron chi connectivity index (χ2n) is 13.3. The quantitative estimate of drug-likeness (QED) is 0.194. The van der Waals surface area contributed by atoms with Crippen LogP contribution in [-0.2, 0) is 14.3 Å². The maximum absolute atomic E-state index is 11.6. The first-order valence-electron chi connectivity index (χ1n) is 14.9. The fraction of sp³-hybridized carbons (Fsp3) is 0.429. The molecule has 0 atom stereocenters. The number of aliphatic hydroxyl groups is 1. The average molecular weight is 646 g/mol. The number of aliphatic imine (C=N–C) groups is 1. The molecule has 0 unspecified atom stereocenters. The molecule has 12 heteroatoms. The van der Waals surface area contributed by atoms with Gasteiger partial charge in [0.15, 0.2) is 11.5 Å². The Hall–Kier alpha value is -5.00.